The summed E-state index contributed by atoms with van der Waals surface area (Å²) in [5, 5.41) is 9.97. The standard InChI is InChI=1S/C19H19F3N4O3/c20-19(21,22)15-3-1-2-14(18(27)25-28)16(15)11-8-12-10-24-26(17(12)23-9-11)13-4-6-29-7-5-13/h1-3,10-11,13,23H,4-9H2. The number of alkyl halides is 3. The molecule has 1 N–H and O–H groups in total. The van der Waals surface area contributed by atoms with Crippen molar-refractivity contribution in [1.82, 2.24) is 9.78 Å². The third-order valence-corrected chi connectivity index (χ3v) is 5.52. The van der Waals surface area contributed by atoms with Crippen LogP contribution in [0.5, 0.6) is 0 Å². The van der Waals surface area contributed by atoms with E-state index in [2.05, 4.69) is 15.6 Å². The van der Waals surface area contributed by atoms with Gasteiger partial charge in [-0.1, -0.05) is 6.07 Å². The van der Waals surface area contributed by atoms with Gasteiger partial charge in [0.1, 0.15) is 5.82 Å². The fourth-order valence-electron chi connectivity index (χ4n) is 4.20. The van der Waals surface area contributed by atoms with E-state index in [0.717, 1.165) is 36.4 Å². The molecule has 0 radical (unpaired) electrons. The van der Waals surface area contributed by atoms with Crippen LogP contribution >= 0.6 is 0 Å². The Bertz CT molecular complexity index is 935. The largest absolute Gasteiger partial charge is 0.416 e. The van der Waals surface area contributed by atoms with E-state index in [1.165, 1.54) is 6.07 Å². The van der Waals surface area contributed by atoms with Crippen molar-refractivity contribution in [2.75, 3.05) is 25.1 Å². The highest BCUT2D eigenvalue weighted by molar-refractivity contribution is 5.97. The maximum atomic E-state index is 13.6. The number of amides is 1. The lowest BCUT2D eigenvalue weighted by atomic mass is 9.83. The van der Waals surface area contributed by atoms with Crippen LogP contribution in [0, 0.1) is 4.91 Å². The zero-order valence-corrected chi connectivity index (χ0v) is 15.4. The van der Waals surface area contributed by atoms with Gasteiger partial charge >= 0.3 is 12.1 Å². The molecule has 0 bridgehead atoms. The molecule has 2 aromatic rings. The van der Waals surface area contributed by atoms with Gasteiger partial charge in [-0.05, 0) is 37.0 Å². The first kappa shape index (κ1) is 19.6. The van der Waals surface area contributed by atoms with E-state index in [9.17, 15) is 22.9 Å². The van der Waals surface area contributed by atoms with E-state index in [-0.39, 0.29) is 30.1 Å². The first-order chi connectivity index (χ1) is 13.9. The maximum absolute atomic E-state index is 13.6. The van der Waals surface area contributed by atoms with Crippen LogP contribution in [0.15, 0.2) is 29.6 Å². The fraction of sp³-hybridized carbons (Fsp3) is 0.474. The van der Waals surface area contributed by atoms with Crippen LogP contribution in [-0.4, -0.2) is 35.4 Å². The van der Waals surface area contributed by atoms with Crippen molar-refractivity contribution in [3.63, 3.8) is 0 Å². The van der Waals surface area contributed by atoms with E-state index in [1.807, 2.05) is 4.68 Å². The van der Waals surface area contributed by atoms with E-state index < -0.39 is 23.6 Å². The molecule has 1 fully saturated rings. The van der Waals surface area contributed by atoms with Gasteiger partial charge in [0.15, 0.2) is 0 Å². The Morgan fingerprint density at radius 2 is 2.03 bits per heavy atom. The van der Waals surface area contributed by atoms with Crippen LogP contribution in [-0.2, 0) is 17.3 Å². The number of hydrogen-bond donors (Lipinski definition) is 1. The molecular formula is C19H19F3N4O3. The number of carbonyl (C=O) groups is 1. The van der Waals surface area contributed by atoms with Gasteiger partial charge in [0.25, 0.3) is 0 Å². The SMILES string of the molecule is O=NC(=O)c1cccc(C(F)(F)F)c1C1CNc2c(cnn2C2CCOCC2)C1. The minimum Gasteiger partial charge on any atom is -0.381 e. The van der Waals surface area contributed by atoms with E-state index >= 15 is 0 Å². The normalized spacial score (nSPS) is 20.0. The average molecular weight is 408 g/mol. The van der Waals surface area contributed by atoms with E-state index in [0.29, 0.717) is 13.2 Å². The summed E-state index contributed by atoms with van der Waals surface area (Å²) in [5.74, 6) is -1.05. The Morgan fingerprint density at radius 1 is 1.28 bits per heavy atom. The van der Waals surface area contributed by atoms with Crippen molar-refractivity contribution in [3.8, 4) is 0 Å². The van der Waals surface area contributed by atoms with Gasteiger partial charge in [-0.15, -0.1) is 4.91 Å². The molecular weight excluding hydrogens is 389 g/mol. The molecule has 1 amide bonds. The molecule has 4 rings (SSSR count). The Labute approximate surface area is 164 Å². The van der Waals surface area contributed by atoms with Gasteiger partial charge < -0.3 is 10.1 Å². The smallest absolute Gasteiger partial charge is 0.381 e. The summed E-state index contributed by atoms with van der Waals surface area (Å²) in [6.45, 7) is 1.48. The molecule has 0 saturated carbocycles. The summed E-state index contributed by atoms with van der Waals surface area (Å²) < 4.78 is 48.1. The highest BCUT2D eigenvalue weighted by Crippen LogP contribution is 2.41. The Kier molecular flexibility index (Phi) is 5.12. The number of anilines is 1. The predicted octanol–water partition coefficient (Wildman–Crippen LogP) is 3.91. The van der Waals surface area contributed by atoms with Crippen molar-refractivity contribution < 1.29 is 22.7 Å². The van der Waals surface area contributed by atoms with Crippen LogP contribution in [0.2, 0.25) is 0 Å². The van der Waals surface area contributed by atoms with Crippen molar-refractivity contribution in [3.05, 3.63) is 51.6 Å². The lowest BCUT2D eigenvalue weighted by Gasteiger charge is -2.30. The molecule has 1 unspecified atom stereocenters. The van der Waals surface area contributed by atoms with Gasteiger partial charge in [0.2, 0.25) is 0 Å². The minimum absolute atomic E-state index is 0.176. The second kappa shape index (κ2) is 7.58. The predicted molar refractivity (Wildman–Crippen MR) is 97.8 cm³/mol. The quantitative estimate of drug-likeness (QED) is 0.779. The molecule has 7 nitrogen and oxygen atoms in total. The number of ether oxygens (including phenoxy) is 1. The molecule has 2 aliphatic rings. The van der Waals surface area contributed by atoms with Crippen molar-refractivity contribution >= 4 is 11.7 Å². The molecule has 0 aliphatic carbocycles. The number of carbonyl (C=O) groups excluding carboxylic acids is 1. The Hall–Kier alpha value is -2.75. The van der Waals surface area contributed by atoms with E-state index in [4.69, 9.17) is 4.74 Å². The summed E-state index contributed by atoms with van der Waals surface area (Å²) >= 11 is 0. The third kappa shape index (κ3) is 3.64. The van der Waals surface area contributed by atoms with Crippen molar-refractivity contribution in [2.45, 2.75) is 37.4 Å². The molecule has 3 heterocycles. The van der Waals surface area contributed by atoms with Crippen LogP contribution in [0.3, 0.4) is 0 Å². The number of nitroso groups, excluding NO2 is 1. The molecule has 2 aliphatic heterocycles. The minimum atomic E-state index is -4.65. The average Bonchev–Trinajstić information content (AvgIpc) is 3.16. The fourth-order valence-corrected chi connectivity index (χ4v) is 4.20. The van der Waals surface area contributed by atoms with Crippen molar-refractivity contribution in [2.24, 2.45) is 5.18 Å². The second-order valence-corrected chi connectivity index (χ2v) is 7.25. The van der Waals surface area contributed by atoms with Crippen LogP contribution < -0.4 is 5.32 Å². The monoisotopic (exact) mass is 408 g/mol. The van der Waals surface area contributed by atoms with Gasteiger partial charge in [-0.2, -0.15) is 18.3 Å². The van der Waals surface area contributed by atoms with E-state index in [1.54, 1.807) is 6.20 Å². The molecule has 10 heteroatoms. The number of fused-ring (bicyclic) bond motifs is 1. The van der Waals surface area contributed by atoms with Crippen LogP contribution in [0.25, 0.3) is 0 Å². The molecule has 1 aromatic carbocycles. The number of hydrogen-bond acceptors (Lipinski definition) is 5. The number of halogens is 3. The number of nitrogens with one attached hydrogen (secondary N) is 1. The lowest BCUT2D eigenvalue weighted by Crippen LogP contribution is -2.28. The highest BCUT2D eigenvalue weighted by atomic mass is 19.4. The first-order valence-corrected chi connectivity index (χ1v) is 9.36. The number of nitrogens with zero attached hydrogens (tertiary/aromatic N) is 3. The second-order valence-electron chi connectivity index (χ2n) is 7.25. The number of rotatable bonds is 3. The zero-order chi connectivity index (χ0) is 20.6. The third-order valence-electron chi connectivity index (χ3n) is 5.52. The Balaban J connectivity index is 1.70. The van der Waals surface area contributed by atoms with Gasteiger partial charge in [-0.25, -0.2) is 4.68 Å². The first-order valence-electron chi connectivity index (χ1n) is 9.36. The maximum Gasteiger partial charge on any atom is 0.416 e. The molecule has 1 atom stereocenters. The van der Waals surface area contributed by atoms with Gasteiger partial charge in [0.05, 0.1) is 17.8 Å². The van der Waals surface area contributed by atoms with Crippen molar-refractivity contribution in [1.29, 1.82) is 0 Å². The number of aromatic nitrogens is 2. The molecule has 1 aromatic heterocycles. The van der Waals surface area contributed by atoms with Crippen LogP contribution in [0.4, 0.5) is 19.0 Å². The van der Waals surface area contributed by atoms with Gasteiger partial charge in [-0.3, -0.25) is 4.79 Å². The Morgan fingerprint density at radius 3 is 2.72 bits per heavy atom. The number of benzene rings is 1. The summed E-state index contributed by atoms with van der Waals surface area (Å²) in [5.41, 5.74) is -0.635. The van der Waals surface area contributed by atoms with Crippen LogP contribution in [0.1, 0.15) is 51.8 Å². The van der Waals surface area contributed by atoms with Gasteiger partial charge in [0, 0.05) is 42.0 Å². The zero-order valence-electron chi connectivity index (χ0n) is 15.4. The highest BCUT2D eigenvalue weighted by Gasteiger charge is 2.39. The molecule has 0 spiro atoms. The summed E-state index contributed by atoms with van der Waals surface area (Å²) in [7, 11) is 0. The molecule has 1 saturated heterocycles. The summed E-state index contributed by atoms with van der Waals surface area (Å²) in [6.07, 6.45) is -1.09. The summed E-state index contributed by atoms with van der Waals surface area (Å²) in [4.78, 5) is 22.7. The summed E-state index contributed by atoms with van der Waals surface area (Å²) in [6, 6.07) is 3.44. The lowest BCUT2D eigenvalue weighted by molar-refractivity contribution is -0.138. The molecule has 154 valence electrons. The topological polar surface area (TPSA) is 85.6 Å². The molecule has 29 heavy (non-hydrogen) atoms.